The number of carboxylic acids is 1. The highest BCUT2D eigenvalue weighted by Gasteiger charge is 2.11. The molecule has 1 amide bonds. The van der Waals surface area contributed by atoms with E-state index in [4.69, 9.17) is 9.52 Å². The van der Waals surface area contributed by atoms with Gasteiger partial charge >= 0.3 is 5.97 Å². The van der Waals surface area contributed by atoms with Crippen LogP contribution in [0.3, 0.4) is 0 Å². The Balaban J connectivity index is 1.94. The Bertz CT molecular complexity index is 540. The summed E-state index contributed by atoms with van der Waals surface area (Å²) in [6, 6.07) is 9.02. The number of carbonyl (C=O) groups excluding carboxylic acids is 1. The Labute approximate surface area is 103 Å². The summed E-state index contributed by atoms with van der Waals surface area (Å²) in [5, 5.41) is 11.9. The Morgan fingerprint density at radius 2 is 2.06 bits per heavy atom. The summed E-state index contributed by atoms with van der Waals surface area (Å²) in [6.07, 6.45) is 0.446. The van der Waals surface area contributed by atoms with Crippen LogP contribution in [0.4, 0.5) is 0 Å². The fourth-order valence-corrected chi connectivity index (χ4v) is 1.62. The van der Waals surface area contributed by atoms with Crippen LogP contribution in [0.2, 0.25) is 0 Å². The van der Waals surface area contributed by atoms with Crippen molar-refractivity contribution in [3.8, 4) is 0 Å². The van der Waals surface area contributed by atoms with E-state index in [1.165, 1.54) is 0 Å². The third-order valence-electron chi connectivity index (χ3n) is 2.50. The van der Waals surface area contributed by atoms with Gasteiger partial charge in [-0.3, -0.25) is 9.59 Å². The number of furan rings is 1. The molecule has 0 radical (unpaired) electrons. The number of fused-ring (bicyclic) bond motifs is 1. The zero-order chi connectivity index (χ0) is 13.0. The number of hydrogen-bond acceptors (Lipinski definition) is 3. The second kappa shape index (κ2) is 5.35. The number of para-hydroxylation sites is 1. The fraction of sp³-hybridized carbons (Fsp3) is 0.231. The van der Waals surface area contributed by atoms with Crippen molar-refractivity contribution >= 4 is 22.8 Å². The van der Waals surface area contributed by atoms with Gasteiger partial charge < -0.3 is 14.8 Å². The van der Waals surface area contributed by atoms with Gasteiger partial charge in [0.1, 0.15) is 5.58 Å². The molecule has 0 aliphatic rings. The molecule has 0 aliphatic carbocycles. The minimum atomic E-state index is -0.868. The van der Waals surface area contributed by atoms with Crippen LogP contribution in [0.5, 0.6) is 0 Å². The Morgan fingerprint density at radius 1 is 1.28 bits per heavy atom. The Kier molecular flexibility index (Phi) is 3.62. The average Bonchev–Trinajstić information content (AvgIpc) is 2.78. The lowest BCUT2D eigenvalue weighted by Crippen LogP contribution is -2.24. The molecule has 5 nitrogen and oxygen atoms in total. The highest BCUT2D eigenvalue weighted by atomic mass is 16.4. The van der Waals surface area contributed by atoms with E-state index in [1.54, 1.807) is 12.1 Å². The maximum absolute atomic E-state index is 11.7. The summed E-state index contributed by atoms with van der Waals surface area (Å²) in [5.74, 6) is -0.948. The number of nitrogens with one attached hydrogen (secondary N) is 1. The van der Waals surface area contributed by atoms with E-state index >= 15 is 0 Å². The minimum absolute atomic E-state index is 0.0421. The Morgan fingerprint density at radius 3 is 2.78 bits per heavy atom. The predicted molar refractivity (Wildman–Crippen MR) is 65.4 cm³/mol. The first-order chi connectivity index (χ1) is 8.66. The largest absolute Gasteiger partial charge is 0.481 e. The predicted octanol–water partition coefficient (Wildman–Crippen LogP) is 2.03. The van der Waals surface area contributed by atoms with E-state index in [1.807, 2.05) is 18.2 Å². The van der Waals surface area contributed by atoms with Gasteiger partial charge in [0.25, 0.3) is 5.91 Å². The van der Waals surface area contributed by atoms with Crippen LogP contribution in [0.25, 0.3) is 11.0 Å². The molecule has 0 spiro atoms. The molecule has 0 fully saturated rings. The monoisotopic (exact) mass is 247 g/mol. The van der Waals surface area contributed by atoms with E-state index in [-0.39, 0.29) is 18.1 Å². The third-order valence-corrected chi connectivity index (χ3v) is 2.50. The quantitative estimate of drug-likeness (QED) is 0.792. The normalized spacial score (nSPS) is 10.4. The van der Waals surface area contributed by atoms with E-state index in [0.29, 0.717) is 18.5 Å². The van der Waals surface area contributed by atoms with Crippen molar-refractivity contribution in [2.45, 2.75) is 12.8 Å². The second-order valence-electron chi connectivity index (χ2n) is 3.90. The molecule has 0 saturated heterocycles. The number of hydrogen-bond donors (Lipinski definition) is 2. The zero-order valence-corrected chi connectivity index (χ0v) is 9.68. The molecule has 0 aliphatic heterocycles. The maximum atomic E-state index is 11.7. The van der Waals surface area contributed by atoms with Gasteiger partial charge in [0.2, 0.25) is 0 Å². The van der Waals surface area contributed by atoms with Gasteiger partial charge in [0, 0.05) is 18.4 Å². The third kappa shape index (κ3) is 2.88. The van der Waals surface area contributed by atoms with Crippen molar-refractivity contribution in [1.29, 1.82) is 0 Å². The molecule has 0 atom stereocenters. The molecule has 2 aromatic rings. The number of amides is 1. The van der Waals surface area contributed by atoms with Gasteiger partial charge in [0.05, 0.1) is 0 Å². The fourth-order valence-electron chi connectivity index (χ4n) is 1.62. The van der Waals surface area contributed by atoms with Crippen molar-refractivity contribution in [2.75, 3.05) is 6.54 Å². The van der Waals surface area contributed by atoms with Crippen molar-refractivity contribution in [2.24, 2.45) is 0 Å². The van der Waals surface area contributed by atoms with Crippen molar-refractivity contribution < 1.29 is 19.1 Å². The number of carbonyl (C=O) groups is 2. The van der Waals surface area contributed by atoms with Gasteiger partial charge in [-0.05, 0) is 18.6 Å². The van der Waals surface area contributed by atoms with Gasteiger partial charge in [-0.1, -0.05) is 18.2 Å². The number of aliphatic carboxylic acids is 1. The van der Waals surface area contributed by atoms with E-state index < -0.39 is 5.97 Å². The summed E-state index contributed by atoms with van der Waals surface area (Å²) in [4.78, 5) is 22.0. The summed E-state index contributed by atoms with van der Waals surface area (Å²) in [5.41, 5.74) is 0.660. The first-order valence-corrected chi connectivity index (χ1v) is 5.65. The lowest BCUT2D eigenvalue weighted by molar-refractivity contribution is -0.137. The number of benzene rings is 1. The maximum Gasteiger partial charge on any atom is 0.303 e. The summed E-state index contributed by atoms with van der Waals surface area (Å²) in [7, 11) is 0. The molecular formula is C13H13NO4. The van der Waals surface area contributed by atoms with E-state index in [9.17, 15) is 9.59 Å². The van der Waals surface area contributed by atoms with Crippen LogP contribution in [-0.2, 0) is 4.79 Å². The van der Waals surface area contributed by atoms with E-state index in [2.05, 4.69) is 5.32 Å². The van der Waals surface area contributed by atoms with Gasteiger partial charge in [-0.2, -0.15) is 0 Å². The zero-order valence-electron chi connectivity index (χ0n) is 9.68. The van der Waals surface area contributed by atoms with E-state index in [0.717, 1.165) is 5.39 Å². The summed E-state index contributed by atoms with van der Waals surface area (Å²) < 4.78 is 5.38. The molecule has 1 heterocycles. The lowest BCUT2D eigenvalue weighted by atomic mass is 10.2. The molecule has 0 saturated carbocycles. The van der Waals surface area contributed by atoms with Crippen LogP contribution in [0, 0.1) is 0 Å². The van der Waals surface area contributed by atoms with Crippen LogP contribution >= 0.6 is 0 Å². The number of rotatable bonds is 5. The SMILES string of the molecule is O=C(O)CCCNC(=O)c1cc2ccccc2o1. The highest BCUT2D eigenvalue weighted by molar-refractivity contribution is 5.96. The topological polar surface area (TPSA) is 79.5 Å². The standard InChI is InChI=1S/C13H13NO4/c15-12(16)6-3-7-14-13(17)11-8-9-4-1-2-5-10(9)18-11/h1-2,4-5,8H,3,6-7H2,(H,14,17)(H,15,16). The average molecular weight is 247 g/mol. The first-order valence-electron chi connectivity index (χ1n) is 5.65. The molecule has 0 bridgehead atoms. The molecule has 94 valence electrons. The summed E-state index contributed by atoms with van der Waals surface area (Å²) in [6.45, 7) is 0.322. The van der Waals surface area contributed by atoms with Crippen LogP contribution in [0.15, 0.2) is 34.7 Å². The molecule has 1 aromatic heterocycles. The highest BCUT2D eigenvalue weighted by Crippen LogP contribution is 2.18. The van der Waals surface area contributed by atoms with Gasteiger partial charge in [-0.25, -0.2) is 0 Å². The molecule has 5 heteroatoms. The van der Waals surface area contributed by atoms with Gasteiger partial charge in [0.15, 0.2) is 5.76 Å². The summed E-state index contributed by atoms with van der Waals surface area (Å²) >= 11 is 0. The second-order valence-corrected chi connectivity index (χ2v) is 3.90. The minimum Gasteiger partial charge on any atom is -0.481 e. The van der Waals surface area contributed by atoms with Crippen molar-refractivity contribution in [1.82, 2.24) is 5.32 Å². The first kappa shape index (κ1) is 12.2. The molecule has 1 aromatic carbocycles. The smallest absolute Gasteiger partial charge is 0.303 e. The Hall–Kier alpha value is -2.30. The molecule has 2 rings (SSSR count). The van der Waals surface area contributed by atoms with Crippen molar-refractivity contribution in [3.63, 3.8) is 0 Å². The van der Waals surface area contributed by atoms with Crippen LogP contribution in [-0.4, -0.2) is 23.5 Å². The van der Waals surface area contributed by atoms with Crippen LogP contribution < -0.4 is 5.32 Å². The van der Waals surface area contributed by atoms with Crippen molar-refractivity contribution in [3.05, 3.63) is 36.1 Å². The molecule has 2 N–H and O–H groups in total. The molecular weight excluding hydrogens is 234 g/mol. The molecule has 18 heavy (non-hydrogen) atoms. The van der Waals surface area contributed by atoms with Crippen LogP contribution in [0.1, 0.15) is 23.4 Å². The lowest BCUT2D eigenvalue weighted by Gasteiger charge is -2.00. The molecule has 0 unspecified atom stereocenters. The van der Waals surface area contributed by atoms with Gasteiger partial charge in [-0.15, -0.1) is 0 Å². The number of carboxylic acid groups (broad SMARTS) is 1.